The van der Waals surface area contributed by atoms with Crippen LogP contribution >= 0.6 is 27.5 Å². The lowest BCUT2D eigenvalue weighted by molar-refractivity contribution is 0.0935. The Morgan fingerprint density at radius 3 is 3.06 bits per heavy atom. The number of rotatable bonds is 2. The summed E-state index contributed by atoms with van der Waals surface area (Å²) >= 11 is 9.30. The summed E-state index contributed by atoms with van der Waals surface area (Å²) in [5.41, 5.74) is 0.604. The molecule has 0 saturated carbocycles. The minimum Gasteiger partial charge on any atom is -0.348 e. The number of nitrogens with one attached hydrogen (secondary N) is 2. The Morgan fingerprint density at radius 2 is 2.28 bits per heavy atom. The lowest BCUT2D eigenvalue weighted by atomic mass is 10.1. The van der Waals surface area contributed by atoms with Crippen molar-refractivity contribution >= 4 is 33.4 Å². The number of hydrogen-bond acceptors (Lipinski definition) is 2. The first-order valence-electron chi connectivity index (χ1n) is 6.13. The molecule has 3 nitrogen and oxygen atoms in total. The van der Waals surface area contributed by atoms with E-state index in [1.165, 1.54) is 6.42 Å². The minimum absolute atomic E-state index is 0.0573. The maximum Gasteiger partial charge on any atom is 0.251 e. The molecule has 2 N–H and O–H groups in total. The zero-order chi connectivity index (χ0) is 13.0. The fourth-order valence-corrected chi connectivity index (χ4v) is 2.48. The van der Waals surface area contributed by atoms with Crippen molar-refractivity contribution in [3.05, 3.63) is 33.3 Å². The van der Waals surface area contributed by atoms with Gasteiger partial charge < -0.3 is 10.6 Å². The Hall–Kier alpha value is -0.580. The number of benzene rings is 1. The second-order valence-electron chi connectivity index (χ2n) is 4.50. The highest BCUT2D eigenvalue weighted by Crippen LogP contribution is 2.23. The van der Waals surface area contributed by atoms with Gasteiger partial charge in [-0.25, -0.2) is 0 Å². The summed E-state index contributed by atoms with van der Waals surface area (Å²) in [5.74, 6) is -0.0573. The first-order valence-corrected chi connectivity index (χ1v) is 7.30. The van der Waals surface area contributed by atoms with Gasteiger partial charge in [0.1, 0.15) is 0 Å². The van der Waals surface area contributed by atoms with Crippen LogP contribution in [-0.4, -0.2) is 25.0 Å². The summed E-state index contributed by atoms with van der Waals surface area (Å²) < 4.78 is 0.803. The van der Waals surface area contributed by atoms with Crippen molar-refractivity contribution in [2.24, 2.45) is 0 Å². The van der Waals surface area contributed by atoms with Gasteiger partial charge >= 0.3 is 0 Å². The standard InChI is InChI=1S/C13H16BrClN2O/c14-11-5-4-9(7-12(11)15)13(18)17-10-3-1-2-6-16-8-10/h4-5,7,10,16H,1-3,6,8H2,(H,17,18). The quantitative estimate of drug-likeness (QED) is 0.875. The monoisotopic (exact) mass is 330 g/mol. The summed E-state index contributed by atoms with van der Waals surface area (Å²) in [5, 5.41) is 6.93. The molecule has 1 aromatic rings. The molecule has 1 atom stereocenters. The van der Waals surface area contributed by atoms with E-state index in [0.717, 1.165) is 30.4 Å². The van der Waals surface area contributed by atoms with Crippen LogP contribution < -0.4 is 10.6 Å². The summed E-state index contributed by atoms with van der Waals surface area (Å²) in [6, 6.07) is 5.46. The predicted octanol–water partition coefficient (Wildman–Crippen LogP) is 2.97. The maximum absolute atomic E-state index is 12.1. The molecular weight excluding hydrogens is 316 g/mol. The van der Waals surface area contributed by atoms with E-state index in [9.17, 15) is 4.79 Å². The maximum atomic E-state index is 12.1. The number of halogens is 2. The van der Waals surface area contributed by atoms with Crippen molar-refractivity contribution in [1.29, 1.82) is 0 Å². The molecule has 0 aliphatic carbocycles. The molecule has 1 fully saturated rings. The largest absolute Gasteiger partial charge is 0.348 e. The van der Waals surface area contributed by atoms with Gasteiger partial charge in [-0.05, 0) is 53.5 Å². The third kappa shape index (κ3) is 3.70. The van der Waals surface area contributed by atoms with Gasteiger partial charge in [0.15, 0.2) is 0 Å². The number of carbonyl (C=O) groups is 1. The molecule has 1 amide bonds. The van der Waals surface area contributed by atoms with Crippen LogP contribution in [0.15, 0.2) is 22.7 Å². The molecule has 1 unspecified atom stereocenters. The molecule has 1 aliphatic heterocycles. The lowest BCUT2D eigenvalue weighted by Crippen LogP contribution is -2.40. The van der Waals surface area contributed by atoms with Crippen LogP contribution in [-0.2, 0) is 0 Å². The SMILES string of the molecule is O=C(NC1CCCCNC1)c1ccc(Br)c(Cl)c1. The molecule has 0 spiro atoms. The minimum atomic E-state index is -0.0573. The van der Waals surface area contributed by atoms with E-state index in [2.05, 4.69) is 26.6 Å². The molecule has 0 bridgehead atoms. The Labute approximate surface area is 120 Å². The average Bonchev–Trinajstić information content (AvgIpc) is 2.61. The Balaban J connectivity index is 1.99. The zero-order valence-corrected chi connectivity index (χ0v) is 12.4. The van der Waals surface area contributed by atoms with E-state index < -0.39 is 0 Å². The van der Waals surface area contributed by atoms with E-state index in [0.29, 0.717) is 10.6 Å². The molecule has 1 aromatic carbocycles. The molecule has 1 aliphatic rings. The molecule has 18 heavy (non-hydrogen) atoms. The Bertz CT molecular complexity index is 431. The van der Waals surface area contributed by atoms with Crippen LogP contribution in [0.5, 0.6) is 0 Å². The van der Waals surface area contributed by atoms with Crippen molar-refractivity contribution < 1.29 is 4.79 Å². The molecule has 1 saturated heterocycles. The third-order valence-electron chi connectivity index (χ3n) is 3.06. The number of amides is 1. The van der Waals surface area contributed by atoms with Crippen LogP contribution in [0, 0.1) is 0 Å². The zero-order valence-electron chi connectivity index (χ0n) is 10.0. The Morgan fingerprint density at radius 1 is 1.44 bits per heavy atom. The fraction of sp³-hybridized carbons (Fsp3) is 0.462. The van der Waals surface area contributed by atoms with Crippen LogP contribution in [0.4, 0.5) is 0 Å². The third-order valence-corrected chi connectivity index (χ3v) is 4.30. The van der Waals surface area contributed by atoms with Gasteiger partial charge in [-0.2, -0.15) is 0 Å². The van der Waals surface area contributed by atoms with Gasteiger partial charge in [-0.1, -0.05) is 18.0 Å². The van der Waals surface area contributed by atoms with Crippen molar-refractivity contribution in [3.63, 3.8) is 0 Å². The highest BCUT2D eigenvalue weighted by atomic mass is 79.9. The first-order chi connectivity index (χ1) is 8.66. The van der Waals surface area contributed by atoms with Crippen LogP contribution in [0.25, 0.3) is 0 Å². The molecule has 1 heterocycles. The normalized spacial score (nSPS) is 20.2. The van der Waals surface area contributed by atoms with Gasteiger partial charge in [-0.15, -0.1) is 0 Å². The molecular formula is C13H16BrClN2O. The summed E-state index contributed by atoms with van der Waals surface area (Å²) in [6.45, 7) is 1.88. The second kappa shape index (κ2) is 6.55. The van der Waals surface area contributed by atoms with Gasteiger partial charge in [0.2, 0.25) is 0 Å². The van der Waals surface area contributed by atoms with Gasteiger partial charge in [0, 0.05) is 22.6 Å². The van der Waals surface area contributed by atoms with E-state index in [1.54, 1.807) is 18.2 Å². The number of hydrogen-bond donors (Lipinski definition) is 2. The topological polar surface area (TPSA) is 41.1 Å². The van der Waals surface area contributed by atoms with Gasteiger partial charge in [0.05, 0.1) is 5.02 Å². The molecule has 5 heteroatoms. The van der Waals surface area contributed by atoms with E-state index >= 15 is 0 Å². The average molecular weight is 332 g/mol. The molecule has 0 aromatic heterocycles. The second-order valence-corrected chi connectivity index (χ2v) is 5.76. The van der Waals surface area contributed by atoms with Gasteiger partial charge in [0.25, 0.3) is 5.91 Å². The summed E-state index contributed by atoms with van der Waals surface area (Å²) in [4.78, 5) is 12.1. The van der Waals surface area contributed by atoms with Crippen molar-refractivity contribution in [3.8, 4) is 0 Å². The molecule has 2 rings (SSSR count). The summed E-state index contributed by atoms with van der Waals surface area (Å²) in [6.07, 6.45) is 3.36. The summed E-state index contributed by atoms with van der Waals surface area (Å²) in [7, 11) is 0. The highest BCUT2D eigenvalue weighted by molar-refractivity contribution is 9.10. The van der Waals surface area contributed by atoms with Crippen molar-refractivity contribution in [2.45, 2.75) is 25.3 Å². The first kappa shape index (κ1) is 13.8. The Kier molecular flexibility index (Phi) is 5.03. The highest BCUT2D eigenvalue weighted by Gasteiger charge is 2.15. The predicted molar refractivity (Wildman–Crippen MR) is 77.1 cm³/mol. The van der Waals surface area contributed by atoms with Crippen LogP contribution in [0.2, 0.25) is 5.02 Å². The van der Waals surface area contributed by atoms with E-state index in [1.807, 2.05) is 0 Å². The van der Waals surface area contributed by atoms with Crippen LogP contribution in [0.1, 0.15) is 29.6 Å². The lowest BCUT2D eigenvalue weighted by Gasteiger charge is -2.16. The van der Waals surface area contributed by atoms with E-state index in [4.69, 9.17) is 11.6 Å². The molecule has 0 radical (unpaired) electrons. The molecule has 98 valence electrons. The fourth-order valence-electron chi connectivity index (χ4n) is 2.05. The smallest absolute Gasteiger partial charge is 0.251 e. The van der Waals surface area contributed by atoms with E-state index in [-0.39, 0.29) is 11.9 Å². The van der Waals surface area contributed by atoms with Crippen LogP contribution in [0.3, 0.4) is 0 Å². The van der Waals surface area contributed by atoms with Crippen molar-refractivity contribution in [2.75, 3.05) is 13.1 Å². The number of carbonyl (C=O) groups excluding carboxylic acids is 1. The van der Waals surface area contributed by atoms with Crippen molar-refractivity contribution in [1.82, 2.24) is 10.6 Å². The van der Waals surface area contributed by atoms with Gasteiger partial charge in [-0.3, -0.25) is 4.79 Å².